The molecule has 0 aliphatic heterocycles. The molecule has 0 aliphatic carbocycles. The highest BCUT2D eigenvalue weighted by Crippen LogP contribution is 2.21. The first-order valence-corrected chi connectivity index (χ1v) is 5.05. The molecule has 1 atom stereocenters. The van der Waals surface area contributed by atoms with E-state index in [1.54, 1.807) is 18.2 Å². The third-order valence-corrected chi connectivity index (χ3v) is 2.16. The van der Waals surface area contributed by atoms with Crippen LogP contribution in [0.3, 0.4) is 0 Å². The van der Waals surface area contributed by atoms with E-state index in [1.165, 1.54) is 19.1 Å². The average molecular weight is 241 g/mol. The summed E-state index contributed by atoms with van der Waals surface area (Å²) in [6.45, 7) is 1.36. The maximum absolute atomic E-state index is 14.0. The molecule has 0 spiro atoms. The van der Waals surface area contributed by atoms with E-state index in [1.807, 2.05) is 0 Å². The normalized spacial score (nSPS) is 13.8. The predicted molar refractivity (Wildman–Crippen MR) is 57.6 cm³/mol. The molecule has 0 heterocycles. The number of nitro groups is 1. The molecular formula is C11H12FNO4. The molecule has 17 heavy (non-hydrogen) atoms. The molecular weight excluding hydrogens is 229 g/mol. The SMILES string of the molecule is CCOC(=O)C(F)(Cc1ccccc1)[N+](=O)[O-]. The van der Waals surface area contributed by atoms with Gasteiger partial charge < -0.3 is 4.74 Å². The monoisotopic (exact) mass is 241 g/mol. The Bertz CT molecular complexity index is 409. The molecule has 0 bridgehead atoms. The Morgan fingerprint density at radius 2 is 2.06 bits per heavy atom. The number of ether oxygens (including phenoxy) is 1. The number of hydrogen-bond acceptors (Lipinski definition) is 4. The second-order valence-corrected chi connectivity index (χ2v) is 3.40. The zero-order chi connectivity index (χ0) is 12.9. The molecule has 6 heteroatoms. The van der Waals surface area contributed by atoms with Crippen LogP contribution in [-0.2, 0) is 16.0 Å². The molecule has 0 saturated heterocycles. The van der Waals surface area contributed by atoms with Crippen molar-refractivity contribution >= 4 is 5.97 Å². The summed E-state index contributed by atoms with van der Waals surface area (Å²) in [4.78, 5) is 20.7. The van der Waals surface area contributed by atoms with Gasteiger partial charge in [0, 0.05) is 0 Å². The first-order valence-electron chi connectivity index (χ1n) is 5.05. The first kappa shape index (κ1) is 13.1. The number of hydrogen-bond donors (Lipinski definition) is 0. The Balaban J connectivity index is 2.93. The van der Waals surface area contributed by atoms with Crippen molar-refractivity contribution in [3.63, 3.8) is 0 Å². The van der Waals surface area contributed by atoms with Gasteiger partial charge in [0.1, 0.15) is 0 Å². The van der Waals surface area contributed by atoms with E-state index in [9.17, 15) is 19.3 Å². The summed E-state index contributed by atoms with van der Waals surface area (Å²) in [6.07, 6.45) is -0.639. The highest BCUT2D eigenvalue weighted by molar-refractivity contribution is 5.77. The van der Waals surface area contributed by atoms with Crippen LogP contribution in [0.1, 0.15) is 12.5 Å². The van der Waals surface area contributed by atoms with Crippen molar-refractivity contribution in [3.8, 4) is 0 Å². The maximum Gasteiger partial charge on any atom is 0.458 e. The second-order valence-electron chi connectivity index (χ2n) is 3.40. The molecule has 5 nitrogen and oxygen atoms in total. The van der Waals surface area contributed by atoms with Crippen LogP contribution in [0.15, 0.2) is 30.3 Å². The number of alkyl halides is 1. The lowest BCUT2D eigenvalue weighted by molar-refractivity contribution is -0.588. The van der Waals surface area contributed by atoms with Gasteiger partial charge >= 0.3 is 11.8 Å². The van der Waals surface area contributed by atoms with Crippen molar-refractivity contribution in [2.45, 2.75) is 19.1 Å². The van der Waals surface area contributed by atoms with Crippen molar-refractivity contribution in [1.82, 2.24) is 0 Å². The fourth-order valence-electron chi connectivity index (χ4n) is 1.32. The van der Waals surface area contributed by atoms with Gasteiger partial charge in [-0.25, -0.2) is 4.79 Å². The van der Waals surface area contributed by atoms with Crippen LogP contribution < -0.4 is 0 Å². The van der Waals surface area contributed by atoms with Crippen molar-refractivity contribution in [1.29, 1.82) is 0 Å². The third-order valence-electron chi connectivity index (χ3n) is 2.16. The lowest BCUT2D eigenvalue weighted by Crippen LogP contribution is -2.45. The van der Waals surface area contributed by atoms with Gasteiger partial charge in [-0.05, 0) is 12.5 Å². The van der Waals surface area contributed by atoms with Crippen LogP contribution in [-0.4, -0.2) is 23.3 Å². The van der Waals surface area contributed by atoms with Crippen LogP contribution in [0, 0.1) is 10.1 Å². The fraction of sp³-hybridized carbons (Fsp3) is 0.364. The van der Waals surface area contributed by atoms with E-state index < -0.39 is 23.1 Å². The molecule has 0 amide bonds. The van der Waals surface area contributed by atoms with Crippen molar-refractivity contribution in [2.24, 2.45) is 0 Å². The lowest BCUT2D eigenvalue weighted by Gasteiger charge is -2.14. The van der Waals surface area contributed by atoms with Gasteiger partial charge in [0.05, 0.1) is 18.0 Å². The zero-order valence-electron chi connectivity index (χ0n) is 9.26. The summed E-state index contributed by atoms with van der Waals surface area (Å²) in [5, 5.41) is 10.7. The second kappa shape index (κ2) is 5.38. The van der Waals surface area contributed by atoms with Gasteiger partial charge in [0.25, 0.3) is 0 Å². The summed E-state index contributed by atoms with van der Waals surface area (Å²) < 4.78 is 18.4. The molecule has 1 aromatic carbocycles. The Hall–Kier alpha value is -1.98. The van der Waals surface area contributed by atoms with Crippen LogP contribution in [0.4, 0.5) is 4.39 Å². The molecule has 92 valence electrons. The molecule has 1 unspecified atom stereocenters. The Labute approximate surface area is 97.3 Å². The van der Waals surface area contributed by atoms with Crippen molar-refractivity contribution in [3.05, 3.63) is 46.0 Å². The summed E-state index contributed by atoms with van der Waals surface area (Å²) >= 11 is 0. The van der Waals surface area contributed by atoms with Gasteiger partial charge in [-0.3, -0.25) is 10.1 Å². The minimum Gasteiger partial charge on any atom is -0.458 e. The fourth-order valence-corrected chi connectivity index (χ4v) is 1.32. The molecule has 0 N–H and O–H groups in total. The van der Waals surface area contributed by atoms with Crippen LogP contribution in [0.2, 0.25) is 0 Å². The van der Waals surface area contributed by atoms with Gasteiger partial charge in [-0.2, -0.15) is 4.39 Å². The predicted octanol–water partition coefficient (Wildman–Crippen LogP) is 1.73. The first-order chi connectivity index (χ1) is 8.00. The summed E-state index contributed by atoms with van der Waals surface area (Å²) in [5.41, 5.74) is 0.361. The quantitative estimate of drug-likeness (QED) is 0.341. The number of carbonyl (C=O) groups is 1. The van der Waals surface area contributed by atoms with Crippen LogP contribution in [0.25, 0.3) is 0 Å². The summed E-state index contributed by atoms with van der Waals surface area (Å²) in [5.74, 6) is -4.69. The molecule has 0 saturated carbocycles. The van der Waals surface area contributed by atoms with Crippen molar-refractivity contribution < 1.29 is 18.8 Å². The summed E-state index contributed by atoms with van der Waals surface area (Å²) in [7, 11) is 0. The summed E-state index contributed by atoms with van der Waals surface area (Å²) in [6, 6.07) is 7.94. The average Bonchev–Trinajstić information content (AvgIpc) is 2.30. The van der Waals surface area contributed by atoms with Gasteiger partial charge in [-0.15, -0.1) is 0 Å². The number of rotatable bonds is 5. The van der Waals surface area contributed by atoms with Gasteiger partial charge in [-0.1, -0.05) is 30.3 Å². The third kappa shape index (κ3) is 2.99. The largest absolute Gasteiger partial charge is 0.458 e. The van der Waals surface area contributed by atoms with Crippen LogP contribution in [0.5, 0.6) is 0 Å². The highest BCUT2D eigenvalue weighted by Gasteiger charge is 2.53. The molecule has 0 aliphatic rings. The number of halogens is 1. The van der Waals surface area contributed by atoms with Crippen LogP contribution >= 0.6 is 0 Å². The number of esters is 1. The topological polar surface area (TPSA) is 69.4 Å². The molecule has 1 rings (SSSR count). The van der Waals surface area contributed by atoms with E-state index in [0.29, 0.717) is 5.56 Å². The number of benzene rings is 1. The maximum atomic E-state index is 14.0. The highest BCUT2D eigenvalue weighted by atomic mass is 19.1. The Kier molecular flexibility index (Phi) is 4.14. The van der Waals surface area contributed by atoms with Crippen molar-refractivity contribution in [2.75, 3.05) is 6.61 Å². The van der Waals surface area contributed by atoms with E-state index >= 15 is 0 Å². The van der Waals surface area contributed by atoms with E-state index in [2.05, 4.69) is 4.74 Å². The number of nitrogens with zero attached hydrogens (tertiary/aromatic N) is 1. The molecule has 0 fully saturated rings. The van der Waals surface area contributed by atoms with E-state index in [-0.39, 0.29) is 6.61 Å². The van der Waals surface area contributed by atoms with E-state index in [4.69, 9.17) is 0 Å². The minimum absolute atomic E-state index is 0.104. The Morgan fingerprint density at radius 3 is 2.53 bits per heavy atom. The number of carbonyl (C=O) groups excluding carboxylic acids is 1. The minimum atomic E-state index is -3.22. The molecule has 0 radical (unpaired) electrons. The van der Waals surface area contributed by atoms with E-state index in [0.717, 1.165) is 0 Å². The van der Waals surface area contributed by atoms with Gasteiger partial charge in [0.15, 0.2) is 0 Å². The standard InChI is InChI=1S/C11H12FNO4/c1-2-17-10(14)11(12,13(15)16)8-9-6-4-3-5-7-9/h3-7H,2,8H2,1H3. The smallest absolute Gasteiger partial charge is 0.458 e. The molecule has 0 aromatic heterocycles. The zero-order valence-corrected chi connectivity index (χ0v) is 9.26. The van der Waals surface area contributed by atoms with Gasteiger partial charge in [0.2, 0.25) is 0 Å². The Morgan fingerprint density at radius 1 is 1.47 bits per heavy atom. The lowest BCUT2D eigenvalue weighted by atomic mass is 10.0. The molecule has 1 aromatic rings.